The van der Waals surface area contributed by atoms with Gasteiger partial charge >= 0.3 is 0 Å². The Kier molecular flexibility index (Phi) is 3.54. The molecule has 0 aliphatic heterocycles. The van der Waals surface area contributed by atoms with Crippen molar-refractivity contribution in [3.8, 4) is 0 Å². The molecule has 0 atom stereocenters. The van der Waals surface area contributed by atoms with Crippen molar-refractivity contribution in [3.63, 3.8) is 0 Å². The Morgan fingerprint density at radius 2 is 2.12 bits per heavy atom. The number of halogens is 1. The molecule has 0 aliphatic carbocycles. The van der Waals surface area contributed by atoms with Gasteiger partial charge in [0.05, 0.1) is 5.02 Å². The molecule has 88 valence electrons. The molecule has 5 heteroatoms. The van der Waals surface area contributed by atoms with Gasteiger partial charge in [0.2, 0.25) is 0 Å². The van der Waals surface area contributed by atoms with Crippen molar-refractivity contribution in [2.45, 2.75) is 4.90 Å². The highest BCUT2D eigenvalue weighted by atomic mass is 35.5. The van der Waals surface area contributed by atoms with Crippen molar-refractivity contribution in [2.75, 3.05) is 14.1 Å². The maximum atomic E-state index is 11.6. The summed E-state index contributed by atoms with van der Waals surface area (Å²) in [5, 5.41) is 2.42. The fourth-order valence-corrected chi connectivity index (χ4v) is 2.41. The van der Waals surface area contributed by atoms with Crippen molar-refractivity contribution in [3.05, 3.63) is 35.6 Å². The summed E-state index contributed by atoms with van der Waals surface area (Å²) in [4.78, 5) is 17.9. The SMILES string of the molecule is CN(C)C(=O)Sc1ccc2ccncc2c1Cl. The average molecular weight is 267 g/mol. The fraction of sp³-hybridized carbons (Fsp3) is 0.167. The van der Waals surface area contributed by atoms with E-state index in [1.165, 1.54) is 4.90 Å². The van der Waals surface area contributed by atoms with Gasteiger partial charge in [0.15, 0.2) is 0 Å². The second-order valence-corrected chi connectivity index (χ2v) is 5.11. The highest BCUT2D eigenvalue weighted by Gasteiger charge is 2.12. The maximum absolute atomic E-state index is 11.6. The molecule has 2 rings (SSSR count). The van der Waals surface area contributed by atoms with Crippen LogP contribution in [0.1, 0.15) is 0 Å². The standard InChI is InChI=1S/C12H11ClN2OS/c1-15(2)12(16)17-10-4-3-8-5-6-14-7-9(8)11(10)13/h3-7H,1-2H3. The molecule has 0 radical (unpaired) electrons. The van der Waals surface area contributed by atoms with E-state index in [0.717, 1.165) is 27.4 Å². The molecule has 2 aromatic rings. The van der Waals surface area contributed by atoms with Crippen LogP contribution < -0.4 is 0 Å². The zero-order chi connectivity index (χ0) is 12.4. The van der Waals surface area contributed by atoms with Crippen LogP contribution in [-0.2, 0) is 0 Å². The Morgan fingerprint density at radius 3 is 2.82 bits per heavy atom. The van der Waals surface area contributed by atoms with E-state index in [1.807, 2.05) is 18.2 Å². The van der Waals surface area contributed by atoms with Gasteiger partial charge in [0.25, 0.3) is 5.24 Å². The minimum atomic E-state index is -0.0462. The summed E-state index contributed by atoms with van der Waals surface area (Å²) in [7, 11) is 3.43. The first-order chi connectivity index (χ1) is 8.09. The van der Waals surface area contributed by atoms with Crippen LogP contribution in [0.25, 0.3) is 10.8 Å². The van der Waals surface area contributed by atoms with E-state index in [-0.39, 0.29) is 5.24 Å². The molecule has 0 spiro atoms. The molecule has 0 N–H and O–H groups in total. The Morgan fingerprint density at radius 1 is 1.35 bits per heavy atom. The number of hydrogen-bond acceptors (Lipinski definition) is 3. The molecule has 0 fully saturated rings. The van der Waals surface area contributed by atoms with E-state index < -0.39 is 0 Å². The minimum Gasteiger partial charge on any atom is -0.339 e. The number of carbonyl (C=O) groups is 1. The summed E-state index contributed by atoms with van der Waals surface area (Å²) < 4.78 is 0. The van der Waals surface area contributed by atoms with Crippen molar-refractivity contribution in [2.24, 2.45) is 0 Å². The first-order valence-electron chi connectivity index (χ1n) is 5.01. The molecule has 0 aliphatic rings. The van der Waals surface area contributed by atoms with E-state index in [0.29, 0.717) is 5.02 Å². The summed E-state index contributed by atoms with van der Waals surface area (Å²) in [6.45, 7) is 0. The van der Waals surface area contributed by atoms with Crippen LogP contribution in [0.15, 0.2) is 35.5 Å². The lowest BCUT2D eigenvalue weighted by molar-refractivity contribution is 0.241. The zero-order valence-electron chi connectivity index (χ0n) is 9.48. The third-order valence-electron chi connectivity index (χ3n) is 2.28. The number of carbonyl (C=O) groups excluding carboxylic acids is 1. The number of aromatic nitrogens is 1. The second-order valence-electron chi connectivity index (χ2n) is 3.74. The van der Waals surface area contributed by atoms with Crippen molar-refractivity contribution < 1.29 is 4.79 Å². The zero-order valence-corrected chi connectivity index (χ0v) is 11.0. The van der Waals surface area contributed by atoms with Gasteiger partial charge in [-0.05, 0) is 29.3 Å². The van der Waals surface area contributed by atoms with Gasteiger partial charge in [-0.1, -0.05) is 17.7 Å². The van der Waals surface area contributed by atoms with E-state index in [9.17, 15) is 4.79 Å². The first kappa shape index (κ1) is 12.2. The lowest BCUT2D eigenvalue weighted by Crippen LogP contribution is -2.16. The number of thioether (sulfide) groups is 1. The average Bonchev–Trinajstić information content (AvgIpc) is 2.33. The number of hydrogen-bond donors (Lipinski definition) is 0. The van der Waals surface area contributed by atoms with Gasteiger partial charge < -0.3 is 4.90 Å². The predicted molar refractivity (Wildman–Crippen MR) is 71.7 cm³/mol. The minimum absolute atomic E-state index is 0.0462. The molecule has 1 heterocycles. The van der Waals surface area contributed by atoms with Crippen LogP contribution in [0, 0.1) is 0 Å². The predicted octanol–water partition coefficient (Wildman–Crippen LogP) is 3.66. The van der Waals surface area contributed by atoms with E-state index >= 15 is 0 Å². The lowest BCUT2D eigenvalue weighted by atomic mass is 10.2. The normalized spacial score (nSPS) is 10.5. The second kappa shape index (κ2) is 4.94. The van der Waals surface area contributed by atoms with E-state index in [2.05, 4.69) is 4.98 Å². The number of nitrogens with zero attached hydrogens (tertiary/aromatic N) is 2. The van der Waals surface area contributed by atoms with Crippen LogP contribution in [0.5, 0.6) is 0 Å². The monoisotopic (exact) mass is 266 g/mol. The van der Waals surface area contributed by atoms with Crippen LogP contribution in [-0.4, -0.2) is 29.2 Å². The van der Waals surface area contributed by atoms with Gasteiger partial charge in [-0.15, -0.1) is 0 Å². The van der Waals surface area contributed by atoms with Crippen LogP contribution >= 0.6 is 23.4 Å². The van der Waals surface area contributed by atoms with Crippen LogP contribution in [0.2, 0.25) is 5.02 Å². The Hall–Kier alpha value is -1.26. The first-order valence-corrected chi connectivity index (χ1v) is 6.20. The fourth-order valence-electron chi connectivity index (χ4n) is 1.37. The Bertz CT molecular complexity index is 571. The largest absolute Gasteiger partial charge is 0.339 e. The quantitative estimate of drug-likeness (QED) is 0.739. The van der Waals surface area contributed by atoms with Gasteiger partial charge in [-0.2, -0.15) is 0 Å². The summed E-state index contributed by atoms with van der Waals surface area (Å²) in [6.07, 6.45) is 3.43. The van der Waals surface area contributed by atoms with Gasteiger partial charge in [0, 0.05) is 36.8 Å². The maximum Gasteiger partial charge on any atom is 0.285 e. The van der Waals surface area contributed by atoms with Gasteiger partial charge in [0.1, 0.15) is 0 Å². The summed E-state index contributed by atoms with van der Waals surface area (Å²) in [6, 6.07) is 5.69. The Balaban J connectivity index is 2.43. The molecule has 3 nitrogen and oxygen atoms in total. The highest BCUT2D eigenvalue weighted by Crippen LogP contribution is 2.34. The van der Waals surface area contributed by atoms with Gasteiger partial charge in [-0.3, -0.25) is 9.78 Å². The molecule has 0 unspecified atom stereocenters. The van der Waals surface area contributed by atoms with Crippen LogP contribution in [0.3, 0.4) is 0 Å². The molecular formula is C12H11ClN2OS. The topological polar surface area (TPSA) is 33.2 Å². The molecule has 0 saturated heterocycles. The van der Waals surface area contributed by atoms with E-state index in [4.69, 9.17) is 11.6 Å². The third-order valence-corrected chi connectivity index (χ3v) is 3.90. The lowest BCUT2D eigenvalue weighted by Gasteiger charge is -2.11. The number of amides is 1. The molecular weight excluding hydrogens is 256 g/mol. The van der Waals surface area contributed by atoms with Crippen molar-refractivity contribution >= 4 is 39.4 Å². The Labute approximate surface area is 109 Å². The van der Waals surface area contributed by atoms with Crippen LogP contribution in [0.4, 0.5) is 4.79 Å². The molecule has 1 aromatic heterocycles. The number of benzene rings is 1. The molecule has 1 amide bonds. The van der Waals surface area contributed by atoms with E-state index in [1.54, 1.807) is 26.5 Å². The highest BCUT2D eigenvalue weighted by molar-refractivity contribution is 8.13. The third kappa shape index (κ3) is 2.53. The molecule has 0 bridgehead atoms. The summed E-state index contributed by atoms with van der Waals surface area (Å²) in [5.74, 6) is 0. The van der Waals surface area contributed by atoms with Gasteiger partial charge in [-0.25, -0.2) is 0 Å². The molecule has 1 aromatic carbocycles. The molecule has 0 saturated carbocycles. The van der Waals surface area contributed by atoms with Crippen molar-refractivity contribution in [1.29, 1.82) is 0 Å². The molecule has 17 heavy (non-hydrogen) atoms. The van der Waals surface area contributed by atoms with Crippen molar-refractivity contribution in [1.82, 2.24) is 9.88 Å². The summed E-state index contributed by atoms with van der Waals surface area (Å²) in [5.41, 5.74) is 0. The number of pyridine rings is 1. The summed E-state index contributed by atoms with van der Waals surface area (Å²) >= 11 is 7.38. The number of fused-ring (bicyclic) bond motifs is 1. The number of rotatable bonds is 1. The smallest absolute Gasteiger partial charge is 0.285 e.